The van der Waals surface area contributed by atoms with E-state index >= 15 is 0 Å². The van der Waals surface area contributed by atoms with Crippen molar-refractivity contribution in [2.24, 2.45) is 4.99 Å². The number of amidine groups is 1. The minimum atomic E-state index is -0.733. The third-order valence-corrected chi connectivity index (χ3v) is 5.60. The number of carbonyl (C=O) groups is 1. The van der Waals surface area contributed by atoms with Crippen molar-refractivity contribution < 1.29 is 13.9 Å². The average Bonchev–Trinajstić information content (AvgIpc) is 3.06. The molecule has 1 N–H and O–H groups in total. The molecule has 0 amide bonds. The van der Waals surface area contributed by atoms with E-state index in [1.54, 1.807) is 0 Å². The zero-order valence-corrected chi connectivity index (χ0v) is 17.0. The van der Waals surface area contributed by atoms with Gasteiger partial charge < -0.3 is 10.1 Å². The minimum Gasteiger partial charge on any atom is -0.466 e. The van der Waals surface area contributed by atoms with E-state index in [4.69, 9.17) is 16.3 Å². The molecule has 1 aromatic heterocycles. The summed E-state index contributed by atoms with van der Waals surface area (Å²) in [6.07, 6.45) is 0. The van der Waals surface area contributed by atoms with Gasteiger partial charge in [-0.15, -0.1) is 11.3 Å². The number of hydrogen-bond donors (Lipinski definition) is 1. The fourth-order valence-corrected chi connectivity index (χ4v) is 4.03. The van der Waals surface area contributed by atoms with Crippen molar-refractivity contribution in [3.8, 4) is 0 Å². The van der Waals surface area contributed by atoms with Gasteiger partial charge in [-0.25, -0.2) is 14.2 Å². The van der Waals surface area contributed by atoms with E-state index in [2.05, 4.69) is 31.2 Å². The molecule has 1 unspecified atom stereocenters. The summed E-state index contributed by atoms with van der Waals surface area (Å²) < 4.78 is 18.4. The number of aromatic nitrogens is 1. The molecule has 1 aliphatic heterocycles. The molecule has 0 saturated heterocycles. The summed E-state index contributed by atoms with van der Waals surface area (Å²) in [5, 5.41) is 6.30. The number of hydrogen-bond acceptors (Lipinski definition) is 6. The number of nitrogens with zero attached hydrogens (tertiary/aromatic N) is 2. The lowest BCUT2D eigenvalue weighted by Gasteiger charge is -2.26. The van der Waals surface area contributed by atoms with Crippen molar-refractivity contribution in [1.29, 1.82) is 0 Å². The molecular weight excluding hydrogens is 445 g/mol. The first kappa shape index (κ1) is 19.0. The molecule has 2 aromatic rings. The first-order valence-corrected chi connectivity index (χ1v) is 9.92. The predicted octanol–water partition coefficient (Wildman–Crippen LogP) is 4.16. The van der Waals surface area contributed by atoms with Gasteiger partial charge in [0, 0.05) is 32.7 Å². The maximum atomic E-state index is 13.5. The van der Waals surface area contributed by atoms with Gasteiger partial charge in [0.15, 0.2) is 10.8 Å². The van der Waals surface area contributed by atoms with Crippen molar-refractivity contribution in [2.75, 3.05) is 12.4 Å². The highest BCUT2D eigenvalue weighted by Crippen LogP contribution is 2.36. The number of carbonyl (C=O) groups excluding carboxylic acids is 1. The third kappa shape index (κ3) is 3.67. The normalized spacial score (nSPS) is 17.0. The van der Waals surface area contributed by atoms with E-state index in [1.165, 1.54) is 36.6 Å². The largest absolute Gasteiger partial charge is 0.466 e. The molecule has 26 heavy (non-hydrogen) atoms. The fourth-order valence-electron chi connectivity index (χ4n) is 2.57. The molecule has 0 spiro atoms. The van der Waals surface area contributed by atoms with E-state index < -0.39 is 17.8 Å². The number of aliphatic imine (C=N–C) groups is 1. The van der Waals surface area contributed by atoms with Crippen LogP contribution in [-0.4, -0.2) is 29.2 Å². The Morgan fingerprint density at radius 3 is 2.85 bits per heavy atom. The molecule has 0 saturated carbocycles. The van der Waals surface area contributed by atoms with Crippen molar-refractivity contribution in [1.82, 2.24) is 10.3 Å². The molecule has 1 aromatic carbocycles. The Balaban J connectivity index is 2.17. The number of aryl methyl sites for hydroxylation is 1. The molecule has 1 aliphatic rings. The fraction of sp³-hybridized carbons (Fsp3) is 0.235. The van der Waals surface area contributed by atoms with Crippen molar-refractivity contribution in [3.05, 3.63) is 62.0 Å². The number of alkyl halides is 1. The Labute approximate surface area is 167 Å². The second-order valence-corrected chi connectivity index (χ2v) is 7.31. The number of nitrogens with one attached hydrogen (secondary N) is 1. The highest BCUT2D eigenvalue weighted by Gasteiger charge is 2.33. The van der Waals surface area contributed by atoms with Crippen molar-refractivity contribution in [2.45, 2.75) is 13.0 Å². The molecule has 0 aliphatic carbocycles. The summed E-state index contributed by atoms with van der Waals surface area (Å²) in [7, 11) is 1.30. The van der Waals surface area contributed by atoms with Gasteiger partial charge in [0.25, 0.3) is 0 Å². The van der Waals surface area contributed by atoms with Gasteiger partial charge in [0.1, 0.15) is 11.9 Å². The Hall–Kier alpha value is -1.77. The van der Waals surface area contributed by atoms with Gasteiger partial charge in [-0.05, 0) is 19.1 Å². The van der Waals surface area contributed by atoms with Crippen LogP contribution < -0.4 is 5.32 Å². The van der Waals surface area contributed by atoms with Gasteiger partial charge >= 0.3 is 5.97 Å². The summed E-state index contributed by atoms with van der Waals surface area (Å²) in [6, 6.07) is 3.28. The monoisotopic (exact) mass is 457 g/mol. The van der Waals surface area contributed by atoms with Crippen LogP contribution >= 0.6 is 38.9 Å². The van der Waals surface area contributed by atoms with Crippen LogP contribution in [0.5, 0.6) is 0 Å². The maximum absolute atomic E-state index is 13.5. The number of ether oxygens (including phenoxy) is 1. The molecule has 2 heterocycles. The molecule has 0 bridgehead atoms. The SMILES string of the molecule is COC(=O)C1=C(CBr)NC(c2nc(C)cs2)=NC1c1ccc(F)cc1Cl. The van der Waals surface area contributed by atoms with E-state index in [1.807, 2.05) is 12.3 Å². The number of esters is 1. The summed E-state index contributed by atoms with van der Waals surface area (Å²) >= 11 is 11.1. The molecule has 9 heteroatoms. The van der Waals surface area contributed by atoms with Crippen molar-refractivity contribution in [3.63, 3.8) is 0 Å². The molecular formula is C17H14BrClFN3O2S. The van der Waals surface area contributed by atoms with Gasteiger partial charge in [0.2, 0.25) is 0 Å². The third-order valence-electron chi connectivity index (χ3n) is 3.74. The van der Waals surface area contributed by atoms with Crippen LogP contribution in [0.4, 0.5) is 4.39 Å². The molecule has 5 nitrogen and oxygen atoms in total. The Bertz CT molecular complexity index is 928. The number of halogens is 3. The number of rotatable bonds is 4. The number of benzene rings is 1. The predicted molar refractivity (Wildman–Crippen MR) is 104 cm³/mol. The zero-order chi connectivity index (χ0) is 18.8. The van der Waals surface area contributed by atoms with Crippen LogP contribution in [0.15, 0.2) is 39.8 Å². The lowest BCUT2D eigenvalue weighted by Crippen LogP contribution is -2.34. The molecule has 1 atom stereocenters. The molecule has 0 fully saturated rings. The van der Waals surface area contributed by atoms with Crippen LogP contribution in [-0.2, 0) is 9.53 Å². The molecule has 0 radical (unpaired) electrons. The van der Waals surface area contributed by atoms with Crippen LogP contribution in [0, 0.1) is 12.7 Å². The van der Waals surface area contributed by atoms with Gasteiger partial charge in [-0.1, -0.05) is 33.6 Å². The first-order valence-electron chi connectivity index (χ1n) is 7.54. The Kier molecular flexibility index (Phi) is 5.74. The highest BCUT2D eigenvalue weighted by molar-refractivity contribution is 9.09. The summed E-state index contributed by atoms with van der Waals surface area (Å²) in [6.45, 7) is 1.89. The van der Waals surface area contributed by atoms with E-state index in [9.17, 15) is 9.18 Å². The number of methoxy groups -OCH3 is 1. The van der Waals surface area contributed by atoms with E-state index in [-0.39, 0.29) is 5.02 Å². The van der Waals surface area contributed by atoms with Crippen LogP contribution in [0.25, 0.3) is 0 Å². The quantitative estimate of drug-likeness (QED) is 0.552. The van der Waals surface area contributed by atoms with Gasteiger partial charge in [0.05, 0.1) is 12.7 Å². The molecule has 136 valence electrons. The highest BCUT2D eigenvalue weighted by atomic mass is 79.9. The van der Waals surface area contributed by atoms with Gasteiger partial charge in [-0.2, -0.15) is 0 Å². The van der Waals surface area contributed by atoms with Crippen LogP contribution in [0.3, 0.4) is 0 Å². The summed E-state index contributed by atoms with van der Waals surface area (Å²) in [5.74, 6) is -0.470. The maximum Gasteiger partial charge on any atom is 0.338 e. The molecule has 3 rings (SSSR count). The standard InChI is InChI=1S/C17H14BrClFN3O2S/c1-8-7-26-16(21-8)15-22-12(6-18)13(17(24)25-2)14(23-15)10-4-3-9(20)5-11(10)19/h3-5,7,14H,6H2,1-2H3,(H,22,23). The lowest BCUT2D eigenvalue weighted by atomic mass is 9.96. The second-order valence-electron chi connectivity index (χ2n) is 5.48. The number of allylic oxidation sites excluding steroid dienone is 1. The lowest BCUT2D eigenvalue weighted by molar-refractivity contribution is -0.136. The minimum absolute atomic E-state index is 0.186. The van der Waals surface area contributed by atoms with Crippen LogP contribution in [0.1, 0.15) is 22.3 Å². The Morgan fingerprint density at radius 1 is 1.50 bits per heavy atom. The first-order chi connectivity index (χ1) is 12.4. The smallest absolute Gasteiger partial charge is 0.338 e. The zero-order valence-electron chi connectivity index (χ0n) is 13.8. The topological polar surface area (TPSA) is 63.6 Å². The van der Waals surface area contributed by atoms with E-state index in [0.29, 0.717) is 33.0 Å². The average molecular weight is 459 g/mol. The Morgan fingerprint density at radius 2 is 2.27 bits per heavy atom. The second kappa shape index (κ2) is 7.85. The summed E-state index contributed by atoms with van der Waals surface area (Å²) in [5.41, 5.74) is 2.29. The number of thiazole rings is 1. The van der Waals surface area contributed by atoms with Crippen LogP contribution in [0.2, 0.25) is 5.02 Å². The van der Waals surface area contributed by atoms with Crippen molar-refractivity contribution >= 4 is 50.7 Å². The van der Waals surface area contributed by atoms with Gasteiger partial charge in [-0.3, -0.25) is 4.99 Å². The summed E-state index contributed by atoms with van der Waals surface area (Å²) in [4.78, 5) is 21.5. The van der Waals surface area contributed by atoms with E-state index in [0.717, 1.165) is 5.69 Å².